The summed E-state index contributed by atoms with van der Waals surface area (Å²) in [5.41, 5.74) is 1.74. The standard InChI is InChI=1S/C13H14ClNO2S/c1-10(16)18-8-2-3-11-4-6-12(7-5-11)15-13(17)9-14/h2-7H,8-9H2,1H3,(H,15,17). The molecule has 1 amide bonds. The highest BCUT2D eigenvalue weighted by molar-refractivity contribution is 8.13. The molecule has 18 heavy (non-hydrogen) atoms. The average Bonchev–Trinajstić information content (AvgIpc) is 2.36. The van der Waals surface area contributed by atoms with Crippen molar-refractivity contribution in [2.75, 3.05) is 16.9 Å². The molecule has 3 nitrogen and oxygen atoms in total. The van der Waals surface area contributed by atoms with Gasteiger partial charge in [-0.3, -0.25) is 9.59 Å². The predicted octanol–water partition coefficient (Wildman–Crippen LogP) is 3.16. The van der Waals surface area contributed by atoms with E-state index in [0.29, 0.717) is 5.75 Å². The highest BCUT2D eigenvalue weighted by Crippen LogP contribution is 2.11. The number of rotatable bonds is 5. The van der Waals surface area contributed by atoms with Crippen molar-refractivity contribution in [2.45, 2.75) is 6.92 Å². The zero-order valence-corrected chi connectivity index (χ0v) is 11.6. The number of hydrogen-bond acceptors (Lipinski definition) is 3. The highest BCUT2D eigenvalue weighted by atomic mass is 35.5. The molecule has 0 atom stereocenters. The van der Waals surface area contributed by atoms with Crippen LogP contribution in [0.2, 0.25) is 0 Å². The van der Waals surface area contributed by atoms with Crippen LogP contribution in [0.4, 0.5) is 5.69 Å². The maximum atomic E-state index is 11.0. The van der Waals surface area contributed by atoms with Crippen LogP contribution in [-0.2, 0) is 9.59 Å². The Balaban J connectivity index is 2.49. The Morgan fingerprint density at radius 3 is 2.56 bits per heavy atom. The minimum Gasteiger partial charge on any atom is -0.325 e. The number of amides is 1. The van der Waals surface area contributed by atoms with Gasteiger partial charge in [0.15, 0.2) is 5.12 Å². The fourth-order valence-electron chi connectivity index (χ4n) is 1.22. The third kappa shape index (κ3) is 5.89. The van der Waals surface area contributed by atoms with Crippen molar-refractivity contribution in [3.8, 4) is 0 Å². The van der Waals surface area contributed by atoms with E-state index in [1.54, 1.807) is 6.92 Å². The van der Waals surface area contributed by atoms with E-state index >= 15 is 0 Å². The summed E-state index contributed by atoms with van der Waals surface area (Å²) in [4.78, 5) is 21.8. The largest absolute Gasteiger partial charge is 0.325 e. The number of thioether (sulfide) groups is 1. The van der Waals surface area contributed by atoms with Crippen LogP contribution in [0.15, 0.2) is 30.3 Å². The number of carbonyl (C=O) groups is 2. The van der Waals surface area contributed by atoms with Crippen molar-refractivity contribution in [1.29, 1.82) is 0 Å². The molecule has 0 radical (unpaired) electrons. The zero-order valence-electron chi connectivity index (χ0n) is 9.98. The summed E-state index contributed by atoms with van der Waals surface area (Å²) in [6, 6.07) is 7.39. The molecule has 1 rings (SSSR count). The second-order valence-corrected chi connectivity index (χ2v) is 4.97. The number of benzene rings is 1. The molecule has 0 fully saturated rings. The van der Waals surface area contributed by atoms with Gasteiger partial charge in [0.05, 0.1) is 0 Å². The Morgan fingerprint density at radius 1 is 1.33 bits per heavy atom. The van der Waals surface area contributed by atoms with Crippen LogP contribution >= 0.6 is 23.4 Å². The van der Waals surface area contributed by atoms with E-state index in [-0.39, 0.29) is 16.9 Å². The monoisotopic (exact) mass is 283 g/mol. The molecule has 0 heterocycles. The van der Waals surface area contributed by atoms with Crippen molar-refractivity contribution < 1.29 is 9.59 Å². The lowest BCUT2D eigenvalue weighted by atomic mass is 10.2. The molecule has 1 aromatic rings. The van der Waals surface area contributed by atoms with Gasteiger partial charge in [0.1, 0.15) is 5.88 Å². The van der Waals surface area contributed by atoms with Crippen LogP contribution in [0.3, 0.4) is 0 Å². The Morgan fingerprint density at radius 2 is 2.00 bits per heavy atom. The van der Waals surface area contributed by atoms with Crippen molar-refractivity contribution in [1.82, 2.24) is 0 Å². The minimum absolute atomic E-state index is 0.0517. The van der Waals surface area contributed by atoms with E-state index in [4.69, 9.17) is 11.6 Å². The van der Waals surface area contributed by atoms with Gasteiger partial charge in [-0.05, 0) is 17.7 Å². The lowest BCUT2D eigenvalue weighted by Gasteiger charge is -2.02. The first kappa shape index (κ1) is 14.8. The van der Waals surface area contributed by atoms with Crippen molar-refractivity contribution in [3.63, 3.8) is 0 Å². The molecule has 0 spiro atoms. The molecule has 1 N–H and O–H groups in total. The summed E-state index contributed by atoms with van der Waals surface area (Å²) in [7, 11) is 0. The van der Waals surface area contributed by atoms with E-state index in [2.05, 4.69) is 5.32 Å². The van der Waals surface area contributed by atoms with Gasteiger partial charge < -0.3 is 5.32 Å². The van der Waals surface area contributed by atoms with E-state index in [1.807, 2.05) is 36.4 Å². The average molecular weight is 284 g/mol. The number of halogens is 1. The van der Waals surface area contributed by atoms with Gasteiger partial charge >= 0.3 is 0 Å². The maximum absolute atomic E-state index is 11.0. The van der Waals surface area contributed by atoms with E-state index in [1.165, 1.54) is 11.8 Å². The van der Waals surface area contributed by atoms with Crippen LogP contribution in [0.1, 0.15) is 12.5 Å². The first-order valence-corrected chi connectivity index (χ1v) is 6.89. The lowest BCUT2D eigenvalue weighted by molar-refractivity contribution is -0.114. The highest BCUT2D eigenvalue weighted by Gasteiger charge is 1.98. The van der Waals surface area contributed by atoms with Gasteiger partial charge in [0.2, 0.25) is 5.91 Å². The summed E-state index contributed by atoms with van der Waals surface area (Å²) in [6.07, 6.45) is 3.86. The fourth-order valence-corrected chi connectivity index (χ4v) is 1.72. The van der Waals surface area contributed by atoms with Crippen LogP contribution in [0.5, 0.6) is 0 Å². The topological polar surface area (TPSA) is 46.2 Å². The summed E-state index contributed by atoms with van der Waals surface area (Å²) in [6.45, 7) is 1.55. The molecule has 0 saturated carbocycles. The van der Waals surface area contributed by atoms with Crippen molar-refractivity contribution in [2.24, 2.45) is 0 Å². The number of anilines is 1. The van der Waals surface area contributed by atoms with Gasteiger partial charge in [-0.2, -0.15) is 0 Å². The Hall–Kier alpha value is -1.26. The number of nitrogens with one attached hydrogen (secondary N) is 1. The number of alkyl halides is 1. The smallest absolute Gasteiger partial charge is 0.239 e. The van der Waals surface area contributed by atoms with E-state index in [9.17, 15) is 9.59 Å². The molecule has 0 saturated heterocycles. The van der Waals surface area contributed by atoms with E-state index < -0.39 is 0 Å². The molecule has 5 heteroatoms. The van der Waals surface area contributed by atoms with Gasteiger partial charge in [-0.1, -0.05) is 36.0 Å². The molecule has 0 aliphatic heterocycles. The third-order valence-corrected chi connectivity index (χ3v) is 3.02. The summed E-state index contributed by atoms with van der Waals surface area (Å²) in [5.74, 6) is 0.391. The third-order valence-electron chi connectivity index (χ3n) is 2.01. The van der Waals surface area contributed by atoms with Crippen LogP contribution in [0.25, 0.3) is 6.08 Å². The number of carbonyl (C=O) groups excluding carboxylic acids is 2. The molecule has 0 aromatic heterocycles. The second kappa shape index (κ2) is 7.95. The van der Waals surface area contributed by atoms with Crippen molar-refractivity contribution in [3.05, 3.63) is 35.9 Å². The van der Waals surface area contributed by atoms with Crippen LogP contribution in [-0.4, -0.2) is 22.7 Å². The van der Waals surface area contributed by atoms with Crippen LogP contribution < -0.4 is 5.32 Å². The Kier molecular flexibility index (Phi) is 6.54. The van der Waals surface area contributed by atoms with Crippen molar-refractivity contribution >= 4 is 46.1 Å². The molecule has 96 valence electrons. The predicted molar refractivity (Wildman–Crippen MR) is 78.0 cm³/mol. The van der Waals surface area contributed by atoms with Gasteiger partial charge in [-0.15, -0.1) is 11.6 Å². The second-order valence-electron chi connectivity index (χ2n) is 3.51. The first-order chi connectivity index (χ1) is 8.61. The Bertz CT molecular complexity index is 443. The van der Waals surface area contributed by atoms with Gasteiger partial charge in [0.25, 0.3) is 0 Å². The van der Waals surface area contributed by atoms with Gasteiger partial charge in [0, 0.05) is 18.4 Å². The normalized spacial score (nSPS) is 10.6. The molecule has 1 aromatic carbocycles. The lowest BCUT2D eigenvalue weighted by Crippen LogP contribution is -2.12. The zero-order chi connectivity index (χ0) is 13.4. The van der Waals surface area contributed by atoms with Crippen LogP contribution in [0, 0.1) is 0 Å². The molecule has 0 bridgehead atoms. The summed E-state index contributed by atoms with van der Waals surface area (Å²) in [5, 5.41) is 2.77. The summed E-state index contributed by atoms with van der Waals surface area (Å²) >= 11 is 6.66. The minimum atomic E-state index is -0.224. The molecular weight excluding hydrogens is 270 g/mol. The quantitative estimate of drug-likeness (QED) is 0.845. The number of hydrogen-bond donors (Lipinski definition) is 1. The summed E-state index contributed by atoms with van der Waals surface area (Å²) < 4.78 is 0. The molecule has 0 unspecified atom stereocenters. The van der Waals surface area contributed by atoms with Gasteiger partial charge in [-0.25, -0.2) is 0 Å². The molecular formula is C13H14ClNO2S. The molecule has 0 aliphatic carbocycles. The Labute approximate surface area is 116 Å². The maximum Gasteiger partial charge on any atom is 0.239 e. The first-order valence-electron chi connectivity index (χ1n) is 5.37. The SMILES string of the molecule is CC(=O)SCC=Cc1ccc(NC(=O)CCl)cc1. The fraction of sp³-hybridized carbons (Fsp3) is 0.231. The van der Waals surface area contributed by atoms with E-state index in [0.717, 1.165) is 11.3 Å². The molecule has 0 aliphatic rings.